The van der Waals surface area contributed by atoms with Crippen LogP contribution in [-0.4, -0.2) is 15.3 Å². The van der Waals surface area contributed by atoms with Gasteiger partial charge in [0.2, 0.25) is 0 Å². The average Bonchev–Trinajstić information content (AvgIpc) is 2.88. The van der Waals surface area contributed by atoms with Gasteiger partial charge in [-0.15, -0.1) is 0 Å². The molecule has 0 saturated carbocycles. The maximum atomic E-state index is 13.9. The number of aryl methyl sites for hydroxylation is 1. The number of Topliss-reactive ketones (excluding diaryl/α,β-unsaturated/α-hetero) is 1. The van der Waals surface area contributed by atoms with E-state index < -0.39 is 0 Å². The zero-order chi connectivity index (χ0) is 23.5. The zero-order valence-corrected chi connectivity index (χ0v) is 18.9. The van der Waals surface area contributed by atoms with E-state index in [0.29, 0.717) is 22.3 Å². The van der Waals surface area contributed by atoms with Gasteiger partial charge in [0, 0.05) is 12.0 Å². The molecule has 0 aliphatic heterocycles. The van der Waals surface area contributed by atoms with E-state index in [0.717, 1.165) is 16.7 Å². The summed E-state index contributed by atoms with van der Waals surface area (Å²) < 4.78 is 1.76. The maximum absolute atomic E-state index is 13.9. The van der Waals surface area contributed by atoms with E-state index in [9.17, 15) is 9.59 Å². The van der Waals surface area contributed by atoms with Gasteiger partial charge in [0.1, 0.15) is 5.82 Å². The van der Waals surface area contributed by atoms with Gasteiger partial charge in [0.25, 0.3) is 5.56 Å². The van der Waals surface area contributed by atoms with Gasteiger partial charge in [-0.2, -0.15) is 0 Å². The molecule has 0 spiro atoms. The summed E-state index contributed by atoms with van der Waals surface area (Å²) in [6, 6.07) is 34.4. The molecule has 0 amide bonds. The minimum atomic E-state index is -0.304. The Morgan fingerprint density at radius 1 is 0.794 bits per heavy atom. The third kappa shape index (κ3) is 4.18. The highest BCUT2D eigenvalue weighted by molar-refractivity contribution is 5.97. The van der Waals surface area contributed by atoms with Gasteiger partial charge >= 0.3 is 0 Å². The van der Waals surface area contributed by atoms with Crippen molar-refractivity contribution in [2.45, 2.75) is 19.4 Å². The Morgan fingerprint density at radius 3 is 1.94 bits per heavy atom. The summed E-state index contributed by atoms with van der Waals surface area (Å²) in [4.78, 5) is 31.4. The van der Waals surface area contributed by atoms with E-state index in [-0.39, 0.29) is 23.8 Å². The largest absolute Gasteiger partial charge is 0.294 e. The lowest BCUT2D eigenvalue weighted by Crippen LogP contribution is -2.29. The Morgan fingerprint density at radius 2 is 1.35 bits per heavy atom. The van der Waals surface area contributed by atoms with Crippen LogP contribution < -0.4 is 5.56 Å². The number of nitrogens with zero attached hydrogens (tertiary/aromatic N) is 2. The molecule has 0 saturated heterocycles. The SMILES string of the molecule is Cc1nc2ccc(CC(=O)c3ccccc3)cc2c(=O)n1C(c1ccccc1)c1ccccc1. The maximum Gasteiger partial charge on any atom is 0.262 e. The minimum Gasteiger partial charge on any atom is -0.294 e. The van der Waals surface area contributed by atoms with Crippen LogP contribution in [0.2, 0.25) is 0 Å². The standard InChI is InChI=1S/C30H24N2O2/c1-21-31-27-18-17-22(20-28(33)23-11-5-2-6-12-23)19-26(27)30(34)32(21)29(24-13-7-3-8-14-24)25-15-9-4-10-16-25/h2-19,29H,20H2,1H3. The molecule has 4 nitrogen and oxygen atoms in total. The first kappa shape index (κ1) is 21.5. The summed E-state index contributed by atoms with van der Waals surface area (Å²) in [7, 11) is 0. The molecule has 1 heterocycles. The number of carbonyl (C=O) groups excluding carboxylic acids is 1. The lowest BCUT2D eigenvalue weighted by Gasteiger charge is -2.23. The average molecular weight is 445 g/mol. The van der Waals surface area contributed by atoms with E-state index >= 15 is 0 Å². The van der Waals surface area contributed by atoms with Crippen LogP contribution in [0.4, 0.5) is 0 Å². The second kappa shape index (κ2) is 9.28. The first-order chi connectivity index (χ1) is 16.6. The van der Waals surface area contributed by atoms with Crippen LogP contribution in [0, 0.1) is 6.92 Å². The van der Waals surface area contributed by atoms with Gasteiger partial charge < -0.3 is 0 Å². The Labute approximate surface area is 198 Å². The Bertz CT molecular complexity index is 1470. The molecule has 0 unspecified atom stereocenters. The van der Waals surface area contributed by atoms with Crippen LogP contribution in [0.25, 0.3) is 10.9 Å². The van der Waals surface area contributed by atoms with E-state index in [1.54, 1.807) is 4.57 Å². The molecule has 0 aliphatic rings. The molecule has 4 aromatic carbocycles. The fourth-order valence-corrected chi connectivity index (χ4v) is 4.44. The van der Waals surface area contributed by atoms with Crippen molar-refractivity contribution in [3.8, 4) is 0 Å². The molecule has 5 rings (SSSR count). The quantitative estimate of drug-likeness (QED) is 0.313. The zero-order valence-electron chi connectivity index (χ0n) is 18.9. The van der Waals surface area contributed by atoms with Crippen LogP contribution >= 0.6 is 0 Å². The fourth-order valence-electron chi connectivity index (χ4n) is 4.44. The Hall–Kier alpha value is -4.31. The third-order valence-electron chi connectivity index (χ3n) is 6.09. The van der Waals surface area contributed by atoms with Crippen LogP contribution in [0.5, 0.6) is 0 Å². The molecular weight excluding hydrogens is 420 g/mol. The fraction of sp³-hybridized carbons (Fsp3) is 0.100. The molecular formula is C30H24N2O2. The van der Waals surface area contributed by atoms with Crippen LogP contribution in [0.3, 0.4) is 0 Å². The molecule has 0 atom stereocenters. The summed E-state index contributed by atoms with van der Waals surface area (Å²) in [6.45, 7) is 1.87. The van der Waals surface area contributed by atoms with E-state index in [1.165, 1.54) is 0 Å². The highest BCUT2D eigenvalue weighted by atomic mass is 16.1. The topological polar surface area (TPSA) is 52.0 Å². The summed E-state index contributed by atoms with van der Waals surface area (Å²) >= 11 is 0. The predicted octanol–water partition coefficient (Wildman–Crippen LogP) is 5.77. The van der Waals surface area contributed by atoms with E-state index in [4.69, 9.17) is 4.98 Å². The van der Waals surface area contributed by atoms with Crippen LogP contribution in [0.1, 0.15) is 38.9 Å². The predicted molar refractivity (Wildman–Crippen MR) is 135 cm³/mol. The second-order valence-electron chi connectivity index (χ2n) is 8.38. The highest BCUT2D eigenvalue weighted by Crippen LogP contribution is 2.27. The van der Waals surface area contributed by atoms with Crippen molar-refractivity contribution in [3.05, 3.63) is 148 Å². The third-order valence-corrected chi connectivity index (χ3v) is 6.09. The number of ketones is 1. The minimum absolute atomic E-state index is 0.0202. The molecule has 4 heteroatoms. The number of hydrogen-bond donors (Lipinski definition) is 0. The highest BCUT2D eigenvalue weighted by Gasteiger charge is 2.21. The normalized spacial score (nSPS) is 11.1. The van der Waals surface area contributed by atoms with Crippen LogP contribution in [-0.2, 0) is 6.42 Å². The molecule has 0 fully saturated rings. The number of hydrogen-bond acceptors (Lipinski definition) is 3. The van der Waals surface area contributed by atoms with Gasteiger partial charge in [-0.05, 0) is 35.7 Å². The molecule has 0 aliphatic carbocycles. The van der Waals surface area contributed by atoms with Crippen molar-refractivity contribution in [1.82, 2.24) is 9.55 Å². The summed E-state index contributed by atoms with van der Waals surface area (Å²) in [5.41, 5.74) is 4.00. The monoisotopic (exact) mass is 444 g/mol. The van der Waals surface area contributed by atoms with Gasteiger partial charge in [0.15, 0.2) is 5.78 Å². The number of aromatic nitrogens is 2. The lowest BCUT2D eigenvalue weighted by molar-refractivity contribution is 0.0993. The molecule has 5 aromatic rings. The van der Waals surface area contributed by atoms with E-state index in [2.05, 4.69) is 0 Å². The van der Waals surface area contributed by atoms with Crippen molar-refractivity contribution in [2.75, 3.05) is 0 Å². The number of rotatable bonds is 6. The smallest absolute Gasteiger partial charge is 0.262 e. The van der Waals surface area contributed by atoms with E-state index in [1.807, 2.05) is 116 Å². The second-order valence-corrected chi connectivity index (χ2v) is 8.38. The van der Waals surface area contributed by atoms with Gasteiger partial charge in [-0.3, -0.25) is 14.2 Å². The van der Waals surface area contributed by atoms with Gasteiger partial charge in [0.05, 0.1) is 16.9 Å². The summed E-state index contributed by atoms with van der Waals surface area (Å²) in [5.74, 6) is 0.662. The molecule has 34 heavy (non-hydrogen) atoms. The number of fused-ring (bicyclic) bond motifs is 1. The van der Waals surface area contributed by atoms with Crippen molar-refractivity contribution < 1.29 is 4.79 Å². The Balaban J connectivity index is 1.63. The first-order valence-corrected chi connectivity index (χ1v) is 11.3. The number of carbonyl (C=O) groups is 1. The Kier molecular flexibility index (Phi) is 5.88. The number of benzene rings is 4. The molecule has 1 aromatic heterocycles. The lowest BCUT2D eigenvalue weighted by atomic mass is 9.97. The van der Waals surface area contributed by atoms with Crippen LogP contribution in [0.15, 0.2) is 114 Å². The summed E-state index contributed by atoms with van der Waals surface area (Å²) in [6.07, 6.45) is 0.230. The molecule has 166 valence electrons. The van der Waals surface area contributed by atoms with Crippen molar-refractivity contribution in [1.29, 1.82) is 0 Å². The molecule has 0 N–H and O–H groups in total. The van der Waals surface area contributed by atoms with Gasteiger partial charge in [-0.25, -0.2) is 4.98 Å². The van der Waals surface area contributed by atoms with Crippen molar-refractivity contribution >= 4 is 16.7 Å². The molecule has 0 bridgehead atoms. The van der Waals surface area contributed by atoms with Gasteiger partial charge in [-0.1, -0.05) is 97.1 Å². The summed E-state index contributed by atoms with van der Waals surface area (Å²) in [5, 5.41) is 0.515. The first-order valence-electron chi connectivity index (χ1n) is 11.3. The van der Waals surface area contributed by atoms with Crippen molar-refractivity contribution in [2.24, 2.45) is 0 Å². The van der Waals surface area contributed by atoms with Crippen molar-refractivity contribution in [3.63, 3.8) is 0 Å². The molecule has 0 radical (unpaired) electrons.